The highest BCUT2D eigenvalue weighted by Gasteiger charge is 2.24. The van der Waals surface area contributed by atoms with Gasteiger partial charge in [0.05, 0.1) is 11.6 Å². The zero-order chi connectivity index (χ0) is 15.4. The van der Waals surface area contributed by atoms with Crippen LogP contribution in [0.15, 0.2) is 18.2 Å². The van der Waals surface area contributed by atoms with Crippen LogP contribution in [0.3, 0.4) is 0 Å². The summed E-state index contributed by atoms with van der Waals surface area (Å²) >= 11 is 11.8. The predicted octanol–water partition coefficient (Wildman–Crippen LogP) is 2.11. The Morgan fingerprint density at radius 3 is 2.76 bits per heavy atom. The molecule has 1 fully saturated rings. The van der Waals surface area contributed by atoms with Crippen LogP contribution in [0, 0.1) is 0 Å². The molecule has 0 bridgehead atoms. The second-order valence-corrected chi connectivity index (χ2v) is 5.80. The van der Waals surface area contributed by atoms with Crippen LogP contribution in [0.25, 0.3) is 0 Å². The Morgan fingerprint density at radius 2 is 2.10 bits per heavy atom. The number of hydrogen-bond donors (Lipinski definition) is 1. The molecule has 21 heavy (non-hydrogen) atoms. The topological polar surface area (TPSA) is 58.6 Å². The molecule has 7 heteroatoms. The van der Waals surface area contributed by atoms with E-state index in [1.165, 1.54) is 11.0 Å². The minimum Gasteiger partial charge on any atom is -0.482 e. The van der Waals surface area contributed by atoms with Crippen molar-refractivity contribution in [3.8, 4) is 5.75 Å². The molecule has 2 rings (SSSR count). The molecule has 1 aromatic rings. The van der Waals surface area contributed by atoms with Crippen molar-refractivity contribution < 1.29 is 14.3 Å². The molecule has 1 aliphatic rings. The highest BCUT2D eigenvalue weighted by molar-refractivity contribution is 6.34. The van der Waals surface area contributed by atoms with Gasteiger partial charge in [-0.2, -0.15) is 0 Å². The highest BCUT2D eigenvalue weighted by Crippen LogP contribution is 2.27. The van der Waals surface area contributed by atoms with E-state index in [2.05, 4.69) is 5.32 Å². The lowest BCUT2D eigenvalue weighted by atomic mass is 10.3. The average Bonchev–Trinajstić information content (AvgIpc) is 3.23. The van der Waals surface area contributed by atoms with Gasteiger partial charge in [0, 0.05) is 24.2 Å². The van der Waals surface area contributed by atoms with Crippen molar-refractivity contribution >= 4 is 35.0 Å². The maximum Gasteiger partial charge on any atom is 0.260 e. The molecule has 0 aliphatic heterocycles. The van der Waals surface area contributed by atoms with Crippen molar-refractivity contribution in [3.05, 3.63) is 28.2 Å². The molecule has 1 N–H and O–H groups in total. The van der Waals surface area contributed by atoms with E-state index in [9.17, 15) is 9.59 Å². The molecule has 0 heterocycles. The van der Waals surface area contributed by atoms with Gasteiger partial charge in [0.15, 0.2) is 6.61 Å². The third-order valence-electron chi connectivity index (χ3n) is 2.99. The summed E-state index contributed by atoms with van der Waals surface area (Å²) in [5, 5.41) is 3.67. The summed E-state index contributed by atoms with van der Waals surface area (Å²) in [5.74, 6) is -0.125. The molecule has 1 saturated carbocycles. The number of hydrogen-bond acceptors (Lipinski definition) is 3. The largest absolute Gasteiger partial charge is 0.482 e. The van der Waals surface area contributed by atoms with Crippen LogP contribution < -0.4 is 10.1 Å². The number of halogens is 2. The third-order valence-corrected chi connectivity index (χ3v) is 3.54. The Balaban J connectivity index is 1.79. The Bertz CT molecular complexity index is 547. The van der Waals surface area contributed by atoms with Crippen LogP contribution in [0.4, 0.5) is 0 Å². The highest BCUT2D eigenvalue weighted by atomic mass is 35.5. The normalized spacial score (nSPS) is 13.7. The van der Waals surface area contributed by atoms with E-state index in [4.69, 9.17) is 27.9 Å². The van der Waals surface area contributed by atoms with Gasteiger partial charge in [-0.3, -0.25) is 9.59 Å². The van der Waals surface area contributed by atoms with Crippen molar-refractivity contribution in [1.29, 1.82) is 0 Å². The molecule has 0 spiro atoms. The lowest BCUT2D eigenvalue weighted by Gasteiger charge is -2.17. The van der Waals surface area contributed by atoms with Crippen LogP contribution in [0.5, 0.6) is 5.75 Å². The first-order chi connectivity index (χ1) is 9.95. The number of likely N-dealkylation sites (N-methyl/N-ethyl adjacent to an activating group) is 1. The first kappa shape index (κ1) is 15.9. The number of nitrogens with one attached hydrogen (secondary N) is 1. The Morgan fingerprint density at radius 1 is 1.38 bits per heavy atom. The number of amides is 2. The summed E-state index contributed by atoms with van der Waals surface area (Å²) in [6, 6.07) is 5.04. The lowest BCUT2D eigenvalue weighted by molar-refractivity contribution is -0.136. The van der Waals surface area contributed by atoms with Gasteiger partial charge in [-0.05, 0) is 25.0 Å². The van der Waals surface area contributed by atoms with E-state index in [1.54, 1.807) is 19.2 Å². The van der Waals surface area contributed by atoms with Crippen molar-refractivity contribution in [1.82, 2.24) is 10.2 Å². The van der Waals surface area contributed by atoms with Crippen LogP contribution in [-0.2, 0) is 9.59 Å². The number of carbonyl (C=O) groups is 2. The second kappa shape index (κ2) is 7.00. The van der Waals surface area contributed by atoms with E-state index in [1.807, 2.05) is 0 Å². The van der Waals surface area contributed by atoms with Gasteiger partial charge in [-0.15, -0.1) is 0 Å². The van der Waals surface area contributed by atoms with Gasteiger partial charge in [0.1, 0.15) is 5.75 Å². The summed E-state index contributed by atoms with van der Waals surface area (Å²) in [6.07, 6.45) is 2.03. The van der Waals surface area contributed by atoms with Gasteiger partial charge in [-0.1, -0.05) is 23.2 Å². The maximum absolute atomic E-state index is 11.9. The third kappa shape index (κ3) is 5.10. The summed E-state index contributed by atoms with van der Waals surface area (Å²) < 4.78 is 5.34. The molecule has 1 aromatic carbocycles. The van der Waals surface area contributed by atoms with Gasteiger partial charge < -0.3 is 15.0 Å². The number of nitrogens with zero attached hydrogens (tertiary/aromatic N) is 1. The maximum atomic E-state index is 11.9. The van der Waals surface area contributed by atoms with Crippen molar-refractivity contribution in [2.45, 2.75) is 18.9 Å². The van der Waals surface area contributed by atoms with E-state index >= 15 is 0 Å². The van der Waals surface area contributed by atoms with Crippen LogP contribution in [0.2, 0.25) is 10.0 Å². The second-order valence-electron chi connectivity index (χ2n) is 4.96. The van der Waals surface area contributed by atoms with E-state index in [0.717, 1.165) is 12.8 Å². The lowest BCUT2D eigenvalue weighted by Crippen LogP contribution is -2.40. The van der Waals surface area contributed by atoms with Crippen molar-refractivity contribution in [2.24, 2.45) is 0 Å². The van der Waals surface area contributed by atoms with Gasteiger partial charge >= 0.3 is 0 Å². The quantitative estimate of drug-likeness (QED) is 0.869. The SMILES string of the molecule is CN(CC(=O)NC1CC1)C(=O)COc1cc(Cl)ccc1Cl. The zero-order valence-corrected chi connectivity index (χ0v) is 13.1. The monoisotopic (exact) mass is 330 g/mol. The zero-order valence-electron chi connectivity index (χ0n) is 11.6. The number of ether oxygens (including phenoxy) is 1. The minimum atomic E-state index is -0.308. The molecule has 0 aromatic heterocycles. The Kier molecular flexibility index (Phi) is 5.31. The molecule has 5 nitrogen and oxygen atoms in total. The fourth-order valence-electron chi connectivity index (χ4n) is 1.64. The predicted molar refractivity (Wildman–Crippen MR) is 80.8 cm³/mol. The van der Waals surface area contributed by atoms with Gasteiger partial charge in [0.25, 0.3) is 5.91 Å². The first-order valence-electron chi connectivity index (χ1n) is 6.57. The Labute approximate surface area is 133 Å². The van der Waals surface area contributed by atoms with Crippen LogP contribution >= 0.6 is 23.2 Å². The smallest absolute Gasteiger partial charge is 0.260 e. The molecule has 2 amide bonds. The summed E-state index contributed by atoms with van der Waals surface area (Å²) in [4.78, 5) is 24.8. The first-order valence-corrected chi connectivity index (χ1v) is 7.32. The molecule has 0 unspecified atom stereocenters. The van der Waals surface area contributed by atoms with Crippen LogP contribution in [0.1, 0.15) is 12.8 Å². The van der Waals surface area contributed by atoms with Crippen molar-refractivity contribution in [3.63, 3.8) is 0 Å². The summed E-state index contributed by atoms with van der Waals surface area (Å²) in [5.41, 5.74) is 0. The molecule has 0 radical (unpaired) electrons. The Hall–Kier alpha value is -1.46. The van der Waals surface area contributed by atoms with E-state index < -0.39 is 0 Å². The fraction of sp³-hybridized carbons (Fsp3) is 0.429. The standard InChI is InChI=1S/C14H16Cl2N2O3/c1-18(7-13(19)17-10-3-4-10)14(20)8-21-12-6-9(15)2-5-11(12)16/h2,5-6,10H,3-4,7-8H2,1H3,(H,17,19). The van der Waals surface area contributed by atoms with Crippen LogP contribution in [-0.4, -0.2) is 43.0 Å². The fourth-order valence-corrected chi connectivity index (χ4v) is 1.98. The average molecular weight is 331 g/mol. The summed E-state index contributed by atoms with van der Waals surface area (Å²) in [7, 11) is 1.55. The molecule has 0 atom stereocenters. The molecular weight excluding hydrogens is 315 g/mol. The molecule has 1 aliphatic carbocycles. The molecular formula is C14H16Cl2N2O3. The van der Waals surface area contributed by atoms with Crippen molar-refractivity contribution in [2.75, 3.05) is 20.2 Å². The molecule has 114 valence electrons. The number of carbonyl (C=O) groups excluding carboxylic acids is 2. The van der Waals surface area contributed by atoms with Gasteiger partial charge in [-0.25, -0.2) is 0 Å². The number of rotatable bonds is 6. The molecule has 0 saturated heterocycles. The van der Waals surface area contributed by atoms with Gasteiger partial charge in [0.2, 0.25) is 5.91 Å². The summed E-state index contributed by atoms with van der Waals surface area (Å²) in [6.45, 7) is -0.185. The van der Waals surface area contributed by atoms with E-state index in [0.29, 0.717) is 15.8 Å². The van der Waals surface area contributed by atoms with E-state index in [-0.39, 0.29) is 31.0 Å². The minimum absolute atomic E-state index is 0.0158. The number of benzene rings is 1.